The van der Waals surface area contributed by atoms with E-state index >= 15 is 0 Å². The van der Waals surface area contributed by atoms with Crippen molar-refractivity contribution in [2.75, 3.05) is 12.3 Å². The highest BCUT2D eigenvalue weighted by Crippen LogP contribution is 2.22. The standard InChI is InChI=1S/C20H39NS/c1-5-8-10-12-17-21-20(14-7-3)16-15-19(4)22-18-13-11-9-6-2/h14,21H,4-13,15-18H2,1-3H3/b20-14+. The molecule has 0 aliphatic carbocycles. The Labute approximate surface area is 144 Å². The summed E-state index contributed by atoms with van der Waals surface area (Å²) in [6.07, 6.45) is 16.4. The molecule has 0 atom stereocenters. The number of thioether (sulfide) groups is 1. The van der Waals surface area contributed by atoms with Gasteiger partial charge in [0.1, 0.15) is 0 Å². The van der Waals surface area contributed by atoms with Gasteiger partial charge in [-0.25, -0.2) is 0 Å². The van der Waals surface area contributed by atoms with E-state index < -0.39 is 0 Å². The first kappa shape index (κ1) is 21.6. The fraction of sp³-hybridized carbons (Fsp3) is 0.800. The molecule has 0 amide bonds. The Bertz CT molecular complexity index is 283. The summed E-state index contributed by atoms with van der Waals surface area (Å²) in [5.74, 6) is 1.25. The minimum Gasteiger partial charge on any atom is -0.389 e. The molecular formula is C20H39NS. The molecule has 0 saturated heterocycles. The van der Waals surface area contributed by atoms with E-state index in [0.29, 0.717) is 0 Å². The van der Waals surface area contributed by atoms with Gasteiger partial charge in [0.2, 0.25) is 0 Å². The quantitative estimate of drug-likeness (QED) is 0.305. The summed E-state index contributed by atoms with van der Waals surface area (Å²) < 4.78 is 0. The highest BCUT2D eigenvalue weighted by Gasteiger charge is 2.01. The second kappa shape index (κ2) is 17.0. The topological polar surface area (TPSA) is 12.0 Å². The first-order valence-corrected chi connectivity index (χ1v) is 10.5. The second-order valence-electron chi connectivity index (χ2n) is 6.07. The van der Waals surface area contributed by atoms with Gasteiger partial charge in [0.15, 0.2) is 0 Å². The highest BCUT2D eigenvalue weighted by molar-refractivity contribution is 8.03. The van der Waals surface area contributed by atoms with Crippen LogP contribution in [0, 0.1) is 0 Å². The van der Waals surface area contributed by atoms with Gasteiger partial charge < -0.3 is 5.32 Å². The molecule has 0 radical (unpaired) electrons. The first-order valence-electron chi connectivity index (χ1n) is 9.48. The Morgan fingerprint density at radius 2 is 1.59 bits per heavy atom. The molecule has 0 rings (SSSR count). The van der Waals surface area contributed by atoms with Gasteiger partial charge in [-0.1, -0.05) is 72.0 Å². The van der Waals surface area contributed by atoms with Gasteiger partial charge in [-0.2, -0.15) is 0 Å². The summed E-state index contributed by atoms with van der Waals surface area (Å²) in [6.45, 7) is 12.1. The molecule has 0 bridgehead atoms. The molecule has 1 N–H and O–H groups in total. The smallest absolute Gasteiger partial charge is 0.0143 e. The lowest BCUT2D eigenvalue weighted by atomic mass is 10.2. The van der Waals surface area contributed by atoms with Crippen LogP contribution in [0.3, 0.4) is 0 Å². The maximum absolute atomic E-state index is 4.23. The van der Waals surface area contributed by atoms with Gasteiger partial charge in [-0.15, -0.1) is 11.8 Å². The Hall–Kier alpha value is -0.370. The van der Waals surface area contributed by atoms with Crippen LogP contribution in [0.15, 0.2) is 23.3 Å². The third-order valence-electron chi connectivity index (χ3n) is 3.81. The van der Waals surface area contributed by atoms with E-state index in [1.807, 2.05) is 11.8 Å². The lowest BCUT2D eigenvalue weighted by Crippen LogP contribution is -2.15. The molecule has 2 heteroatoms. The highest BCUT2D eigenvalue weighted by atomic mass is 32.2. The van der Waals surface area contributed by atoms with Crippen molar-refractivity contribution < 1.29 is 0 Å². The van der Waals surface area contributed by atoms with Crippen molar-refractivity contribution >= 4 is 11.8 Å². The number of hydrogen-bond donors (Lipinski definition) is 1. The number of allylic oxidation sites excluding steroid dienone is 3. The molecule has 0 fully saturated rings. The summed E-state index contributed by atoms with van der Waals surface area (Å²) in [5, 5.41) is 3.63. The number of hydrogen-bond acceptors (Lipinski definition) is 2. The molecule has 1 nitrogen and oxygen atoms in total. The molecule has 130 valence electrons. The molecule has 0 aromatic carbocycles. The van der Waals surface area contributed by atoms with Crippen molar-refractivity contribution in [3.05, 3.63) is 23.3 Å². The van der Waals surface area contributed by atoms with E-state index in [1.165, 1.54) is 67.7 Å². The van der Waals surface area contributed by atoms with Gasteiger partial charge in [0, 0.05) is 12.2 Å². The molecule has 0 heterocycles. The predicted octanol–water partition coefficient (Wildman–Crippen LogP) is 7.06. The normalized spacial score (nSPS) is 11.7. The van der Waals surface area contributed by atoms with Crippen LogP contribution in [0.25, 0.3) is 0 Å². The van der Waals surface area contributed by atoms with Crippen LogP contribution < -0.4 is 5.32 Å². The van der Waals surface area contributed by atoms with E-state index in [9.17, 15) is 0 Å². The van der Waals surface area contributed by atoms with Crippen LogP contribution in [0.1, 0.15) is 91.4 Å². The van der Waals surface area contributed by atoms with Crippen LogP contribution in [-0.2, 0) is 0 Å². The van der Waals surface area contributed by atoms with Gasteiger partial charge in [0.25, 0.3) is 0 Å². The van der Waals surface area contributed by atoms with Crippen molar-refractivity contribution in [2.45, 2.75) is 91.4 Å². The minimum atomic E-state index is 1.12. The predicted molar refractivity (Wildman–Crippen MR) is 105 cm³/mol. The van der Waals surface area contributed by atoms with Crippen molar-refractivity contribution in [3.8, 4) is 0 Å². The van der Waals surface area contributed by atoms with E-state index in [1.54, 1.807) is 0 Å². The molecule has 22 heavy (non-hydrogen) atoms. The zero-order chi connectivity index (χ0) is 16.5. The fourth-order valence-corrected chi connectivity index (χ4v) is 3.28. The van der Waals surface area contributed by atoms with Crippen LogP contribution in [0.5, 0.6) is 0 Å². The third kappa shape index (κ3) is 14.6. The largest absolute Gasteiger partial charge is 0.389 e. The van der Waals surface area contributed by atoms with E-state index in [0.717, 1.165) is 25.8 Å². The Morgan fingerprint density at radius 1 is 0.909 bits per heavy atom. The summed E-state index contributed by atoms with van der Waals surface area (Å²) >= 11 is 1.97. The number of unbranched alkanes of at least 4 members (excludes halogenated alkanes) is 6. The monoisotopic (exact) mass is 325 g/mol. The molecule has 0 aliphatic heterocycles. The molecule has 0 aliphatic rings. The van der Waals surface area contributed by atoms with Gasteiger partial charge in [-0.3, -0.25) is 0 Å². The zero-order valence-corrected chi connectivity index (χ0v) is 16.2. The van der Waals surface area contributed by atoms with Crippen molar-refractivity contribution in [2.24, 2.45) is 0 Å². The lowest BCUT2D eigenvalue weighted by molar-refractivity contribution is 0.624. The van der Waals surface area contributed by atoms with Gasteiger partial charge >= 0.3 is 0 Å². The van der Waals surface area contributed by atoms with E-state index in [-0.39, 0.29) is 0 Å². The van der Waals surface area contributed by atoms with Crippen LogP contribution in [0.4, 0.5) is 0 Å². The Morgan fingerprint density at radius 3 is 2.23 bits per heavy atom. The lowest BCUT2D eigenvalue weighted by Gasteiger charge is -2.12. The first-order chi connectivity index (χ1) is 10.7. The maximum atomic E-state index is 4.23. The van der Waals surface area contributed by atoms with Crippen molar-refractivity contribution in [1.82, 2.24) is 5.32 Å². The Kier molecular flexibility index (Phi) is 16.7. The second-order valence-corrected chi connectivity index (χ2v) is 7.35. The van der Waals surface area contributed by atoms with Crippen LogP contribution >= 0.6 is 11.8 Å². The van der Waals surface area contributed by atoms with Crippen LogP contribution in [0.2, 0.25) is 0 Å². The summed E-state index contributed by atoms with van der Waals surface area (Å²) in [4.78, 5) is 1.35. The van der Waals surface area contributed by atoms with E-state index in [2.05, 4.69) is 38.7 Å². The zero-order valence-electron chi connectivity index (χ0n) is 15.4. The molecular weight excluding hydrogens is 286 g/mol. The van der Waals surface area contributed by atoms with Crippen molar-refractivity contribution in [3.63, 3.8) is 0 Å². The summed E-state index contributed by atoms with van der Waals surface area (Å²) in [6, 6.07) is 0. The summed E-state index contributed by atoms with van der Waals surface area (Å²) in [7, 11) is 0. The van der Waals surface area contributed by atoms with Crippen LogP contribution in [-0.4, -0.2) is 12.3 Å². The minimum absolute atomic E-state index is 1.12. The molecule has 0 aromatic rings. The maximum Gasteiger partial charge on any atom is 0.0143 e. The Balaban J connectivity index is 3.75. The van der Waals surface area contributed by atoms with Gasteiger partial charge in [-0.05, 0) is 42.8 Å². The molecule has 0 aromatic heterocycles. The molecule has 0 saturated carbocycles. The SMILES string of the molecule is C=C(CC/C(=C\CC)NCCCCCC)SCCCCCC. The fourth-order valence-electron chi connectivity index (χ4n) is 2.40. The number of rotatable bonds is 16. The third-order valence-corrected chi connectivity index (χ3v) is 4.92. The van der Waals surface area contributed by atoms with Crippen molar-refractivity contribution in [1.29, 1.82) is 0 Å². The molecule has 0 spiro atoms. The van der Waals surface area contributed by atoms with Gasteiger partial charge in [0.05, 0.1) is 0 Å². The number of nitrogens with one attached hydrogen (secondary N) is 1. The average molecular weight is 326 g/mol. The van der Waals surface area contributed by atoms with E-state index in [4.69, 9.17) is 0 Å². The summed E-state index contributed by atoms with van der Waals surface area (Å²) in [5.41, 5.74) is 1.42. The average Bonchev–Trinajstić information content (AvgIpc) is 2.52. The molecule has 0 unspecified atom stereocenters.